The number of methoxy groups -OCH3 is 1. The van der Waals surface area contributed by atoms with Crippen LogP contribution < -0.4 is 20.3 Å². The summed E-state index contributed by atoms with van der Waals surface area (Å²) in [6.45, 7) is 6.75. The van der Waals surface area contributed by atoms with E-state index >= 15 is 0 Å². The van der Waals surface area contributed by atoms with Crippen LogP contribution in [-0.2, 0) is 23.7 Å². The number of carbonyl (C=O) groups excluding carboxylic acids is 2. The minimum Gasteiger partial charge on any atom is -0.476 e. The predicted octanol–water partition coefficient (Wildman–Crippen LogP) is 2.35. The Hall–Kier alpha value is -4.65. The van der Waals surface area contributed by atoms with Gasteiger partial charge in [0.15, 0.2) is 5.52 Å². The van der Waals surface area contributed by atoms with Gasteiger partial charge in [0.2, 0.25) is 11.4 Å². The van der Waals surface area contributed by atoms with Gasteiger partial charge in [-0.2, -0.15) is 0 Å². The number of aromatic nitrogens is 3. The third-order valence-corrected chi connectivity index (χ3v) is 9.15. The van der Waals surface area contributed by atoms with Gasteiger partial charge in [0.1, 0.15) is 16.9 Å². The molecule has 1 unspecified atom stereocenters. The molecule has 3 atom stereocenters. The Balaban J connectivity index is 1.12. The maximum absolute atomic E-state index is 13.6. The summed E-state index contributed by atoms with van der Waals surface area (Å²) in [6.07, 6.45) is 1.37. The van der Waals surface area contributed by atoms with E-state index in [9.17, 15) is 24.8 Å². The van der Waals surface area contributed by atoms with E-state index < -0.39 is 22.3 Å². The minimum absolute atomic E-state index is 0.0547. The molecule has 2 fully saturated rings. The number of amides is 1. The van der Waals surface area contributed by atoms with E-state index in [-0.39, 0.29) is 86.2 Å². The Morgan fingerprint density at radius 3 is 2.53 bits per heavy atom. The number of esters is 1. The first-order valence-electron chi connectivity index (χ1n) is 17.0. The number of nitro groups is 1. The zero-order valence-corrected chi connectivity index (χ0v) is 29.0. The summed E-state index contributed by atoms with van der Waals surface area (Å²) in [5.41, 5.74) is 0.0990. The van der Waals surface area contributed by atoms with E-state index in [0.717, 1.165) is 12.1 Å². The van der Waals surface area contributed by atoms with Crippen LogP contribution in [-0.4, -0.2) is 122 Å². The van der Waals surface area contributed by atoms with Gasteiger partial charge in [0.25, 0.3) is 5.91 Å². The number of rotatable bonds is 22. The number of nitrogens with zero attached hydrogens (tertiary/aromatic N) is 5. The molecule has 5 rings (SSSR count). The highest BCUT2D eigenvalue weighted by atomic mass is 16.6. The first-order valence-corrected chi connectivity index (χ1v) is 17.0. The topological polar surface area (TPSA) is 223 Å². The van der Waals surface area contributed by atoms with Gasteiger partial charge in [-0.05, 0) is 60.1 Å². The van der Waals surface area contributed by atoms with Crippen molar-refractivity contribution in [2.75, 3.05) is 83.2 Å². The molecular formula is C33H45N7O11. The molecule has 0 bridgehead atoms. The van der Waals surface area contributed by atoms with Crippen LogP contribution in [0.3, 0.4) is 0 Å². The second-order valence-corrected chi connectivity index (χ2v) is 12.4. The number of pyridine rings is 1. The van der Waals surface area contributed by atoms with E-state index in [0.29, 0.717) is 44.4 Å². The van der Waals surface area contributed by atoms with Crippen molar-refractivity contribution < 1.29 is 47.9 Å². The van der Waals surface area contributed by atoms with Crippen LogP contribution in [0.15, 0.2) is 28.9 Å². The lowest BCUT2D eigenvalue weighted by molar-refractivity contribution is -0.383. The molecule has 18 heteroatoms. The Morgan fingerprint density at radius 2 is 1.84 bits per heavy atom. The quantitative estimate of drug-likeness (QED) is 0.0588. The van der Waals surface area contributed by atoms with Crippen LogP contribution in [0.25, 0.3) is 11.0 Å². The third-order valence-electron chi connectivity index (χ3n) is 9.15. The number of carbonyl (C=O) groups is 2. The van der Waals surface area contributed by atoms with Crippen LogP contribution in [0.5, 0.6) is 5.88 Å². The van der Waals surface area contributed by atoms with Crippen molar-refractivity contribution in [3.05, 3.63) is 40.1 Å². The van der Waals surface area contributed by atoms with Crippen LogP contribution in [0.4, 0.5) is 17.1 Å². The first-order chi connectivity index (χ1) is 24.7. The second-order valence-electron chi connectivity index (χ2n) is 12.4. The number of fused-ring (bicyclic) bond motifs is 1. The van der Waals surface area contributed by atoms with Crippen molar-refractivity contribution in [1.82, 2.24) is 20.6 Å². The van der Waals surface area contributed by atoms with Crippen LogP contribution in [0.1, 0.15) is 43.6 Å². The highest BCUT2D eigenvalue weighted by Gasteiger charge is 2.41. The van der Waals surface area contributed by atoms with Crippen molar-refractivity contribution in [1.29, 1.82) is 0 Å². The van der Waals surface area contributed by atoms with Gasteiger partial charge in [0.05, 0.1) is 49.7 Å². The Bertz CT molecular complexity index is 1650. The summed E-state index contributed by atoms with van der Waals surface area (Å²) in [5.74, 6) is -0.370. The van der Waals surface area contributed by atoms with E-state index in [4.69, 9.17) is 23.7 Å². The van der Waals surface area contributed by atoms with Gasteiger partial charge in [-0.15, -0.1) is 0 Å². The molecule has 1 saturated carbocycles. The van der Waals surface area contributed by atoms with Gasteiger partial charge in [-0.3, -0.25) is 14.9 Å². The van der Waals surface area contributed by atoms with Gasteiger partial charge >= 0.3 is 11.7 Å². The average molecular weight is 716 g/mol. The van der Waals surface area contributed by atoms with Gasteiger partial charge < -0.3 is 44.3 Å². The van der Waals surface area contributed by atoms with E-state index in [1.165, 1.54) is 12.1 Å². The lowest BCUT2D eigenvalue weighted by atomic mass is 9.92. The number of nitro benzene ring substituents is 1. The Kier molecular flexibility index (Phi) is 12.9. The van der Waals surface area contributed by atoms with Crippen molar-refractivity contribution in [2.45, 2.75) is 44.8 Å². The van der Waals surface area contributed by atoms with Crippen molar-refractivity contribution in [2.24, 2.45) is 11.8 Å². The molecule has 1 saturated heterocycles. The summed E-state index contributed by atoms with van der Waals surface area (Å²) in [5, 5.41) is 34.0. The second kappa shape index (κ2) is 17.5. The molecule has 278 valence electrons. The first kappa shape index (κ1) is 37.6. The predicted molar refractivity (Wildman–Crippen MR) is 182 cm³/mol. The fourth-order valence-electron chi connectivity index (χ4n) is 5.76. The molecule has 3 N–H and O–H groups in total. The normalized spacial score (nSPS) is 18.2. The molecule has 1 aliphatic carbocycles. The van der Waals surface area contributed by atoms with Crippen LogP contribution >= 0.6 is 0 Å². The summed E-state index contributed by atoms with van der Waals surface area (Å²) < 4.78 is 32.9. The molecule has 51 heavy (non-hydrogen) atoms. The lowest BCUT2D eigenvalue weighted by Gasteiger charge is -2.40. The SMILES string of the molecule is CCOC(=O)C(CC)(CCOCCOCCNc1ccc([N+](=O)[O-])c2nonc12)NC(=O)c1ccc(N2CC(OC)C2)c(OC[C@H]2C[C@@H]2CO)n1. The number of non-ortho nitro benzene ring substituents is 1. The molecule has 3 heterocycles. The summed E-state index contributed by atoms with van der Waals surface area (Å²) in [7, 11) is 1.66. The summed E-state index contributed by atoms with van der Waals surface area (Å²) >= 11 is 0. The maximum Gasteiger partial charge on any atom is 0.331 e. The largest absolute Gasteiger partial charge is 0.476 e. The number of nitrogens with one attached hydrogen (secondary N) is 2. The molecule has 1 aromatic carbocycles. The Labute approximate surface area is 294 Å². The lowest BCUT2D eigenvalue weighted by Crippen LogP contribution is -2.55. The molecule has 2 aliphatic rings. The van der Waals surface area contributed by atoms with Gasteiger partial charge in [0, 0.05) is 52.4 Å². The average Bonchev–Trinajstić information content (AvgIpc) is 3.70. The molecule has 1 amide bonds. The molecule has 0 radical (unpaired) electrons. The van der Waals surface area contributed by atoms with Crippen LogP contribution in [0, 0.1) is 22.0 Å². The Morgan fingerprint density at radius 1 is 1.08 bits per heavy atom. The summed E-state index contributed by atoms with van der Waals surface area (Å²) in [6, 6.07) is 6.24. The molecule has 1 aliphatic heterocycles. The minimum atomic E-state index is -1.36. The van der Waals surface area contributed by atoms with Crippen molar-refractivity contribution >= 4 is 40.0 Å². The fraction of sp³-hybridized carbons (Fsp3) is 0.606. The number of ether oxygens (including phenoxy) is 5. The molecule has 3 aromatic rings. The standard InChI is InChI=1S/C33H45N7O11/c1-4-33(32(43)49-5-2,10-12-47-14-15-48-13-11-34-24-6-8-26(40(44)45)29-28(24)37-51-38-29)36-30(42)25-7-9-27(39-17-23(18-39)46-3)31(35-25)50-20-22-16-21(22)19-41/h6-9,21-23,34,41H,4-5,10-20H2,1-3H3,(H,36,42)/t21-,22-,33?/m1/s1. The highest BCUT2D eigenvalue weighted by Crippen LogP contribution is 2.39. The van der Waals surface area contributed by atoms with E-state index in [1.807, 2.05) is 0 Å². The summed E-state index contributed by atoms with van der Waals surface area (Å²) in [4.78, 5) is 44.1. The zero-order chi connectivity index (χ0) is 36.4. The number of hydrogen-bond acceptors (Lipinski definition) is 16. The van der Waals surface area contributed by atoms with Crippen LogP contribution in [0.2, 0.25) is 0 Å². The molecular weight excluding hydrogens is 670 g/mol. The number of benzene rings is 1. The van der Waals surface area contributed by atoms with E-state index in [1.54, 1.807) is 33.1 Å². The monoisotopic (exact) mass is 715 g/mol. The van der Waals surface area contributed by atoms with Gasteiger partial charge in [-0.1, -0.05) is 6.92 Å². The smallest absolute Gasteiger partial charge is 0.331 e. The third kappa shape index (κ3) is 9.18. The maximum atomic E-state index is 13.6. The number of aliphatic hydroxyl groups excluding tert-OH is 1. The number of hydrogen-bond donors (Lipinski definition) is 3. The molecule has 18 nitrogen and oxygen atoms in total. The zero-order valence-electron chi connectivity index (χ0n) is 29.0. The number of aliphatic hydroxyl groups is 1. The van der Waals surface area contributed by atoms with Crippen molar-refractivity contribution in [3.8, 4) is 5.88 Å². The molecule has 2 aromatic heterocycles. The van der Waals surface area contributed by atoms with Crippen molar-refractivity contribution in [3.63, 3.8) is 0 Å². The van der Waals surface area contributed by atoms with Gasteiger partial charge in [-0.25, -0.2) is 14.4 Å². The number of anilines is 2. The molecule has 0 spiro atoms. The highest BCUT2D eigenvalue weighted by molar-refractivity contribution is 5.97. The fourth-order valence-corrected chi connectivity index (χ4v) is 5.76. The van der Waals surface area contributed by atoms with E-state index in [2.05, 4.69) is 35.5 Å².